The number of phenolic OH excluding ortho intramolecular Hbond substituents is 1. The Kier molecular flexibility index (Phi) is 9.77. The summed E-state index contributed by atoms with van der Waals surface area (Å²) >= 11 is 3.70. The van der Waals surface area contributed by atoms with Crippen molar-refractivity contribution in [1.82, 2.24) is 9.80 Å². The van der Waals surface area contributed by atoms with E-state index in [0.29, 0.717) is 38.2 Å². The van der Waals surface area contributed by atoms with Crippen molar-refractivity contribution in [2.24, 2.45) is 0 Å². The summed E-state index contributed by atoms with van der Waals surface area (Å²) in [7, 11) is -2.95. The van der Waals surface area contributed by atoms with Gasteiger partial charge in [-0.2, -0.15) is 8.42 Å². The van der Waals surface area contributed by atoms with Crippen molar-refractivity contribution in [2.45, 2.75) is 70.7 Å². The normalized spacial score (nSPS) is 18.2. The van der Waals surface area contributed by atoms with Gasteiger partial charge in [0, 0.05) is 38.8 Å². The Morgan fingerprint density at radius 3 is 2.41 bits per heavy atom. The number of carbonyl (C=O) groups excluding carboxylic acids is 2. The fraction of sp³-hybridized carbons (Fsp3) is 0.300. The summed E-state index contributed by atoms with van der Waals surface area (Å²) in [5, 5.41) is 12.0. The zero-order chi connectivity index (χ0) is 38.6. The Balaban J connectivity index is 1.52. The third-order valence-electron chi connectivity index (χ3n) is 9.77. The van der Waals surface area contributed by atoms with Crippen LogP contribution in [0.4, 0.5) is 4.79 Å². The van der Waals surface area contributed by atoms with Gasteiger partial charge in [0.05, 0.1) is 19.8 Å². The predicted molar refractivity (Wildman–Crippen MR) is 202 cm³/mol. The third-order valence-corrected chi connectivity index (χ3v) is 12.1. The maximum Gasteiger partial charge on any atom is 0.411 e. The molecule has 0 aliphatic carbocycles. The van der Waals surface area contributed by atoms with Crippen molar-refractivity contribution >= 4 is 44.1 Å². The van der Waals surface area contributed by atoms with Crippen LogP contribution in [0.15, 0.2) is 75.7 Å². The number of amides is 2. The highest BCUT2D eigenvalue weighted by Crippen LogP contribution is 2.55. The van der Waals surface area contributed by atoms with Gasteiger partial charge >= 0.3 is 16.2 Å². The molecule has 1 fully saturated rings. The first-order valence-electron chi connectivity index (χ1n) is 17.3. The zero-order valence-corrected chi connectivity index (χ0v) is 32.9. The Bertz CT molecular complexity index is 2310. The summed E-state index contributed by atoms with van der Waals surface area (Å²) in [6.07, 6.45) is 0.376. The molecule has 0 radical (unpaired) electrons. The second-order valence-corrected chi connectivity index (χ2v) is 16.0. The molecule has 282 valence electrons. The van der Waals surface area contributed by atoms with E-state index in [1.165, 1.54) is 24.1 Å². The first-order valence-corrected chi connectivity index (χ1v) is 19.5. The van der Waals surface area contributed by atoms with E-state index in [1.54, 1.807) is 56.9 Å². The number of hydrogen-bond acceptors (Lipinski definition) is 10. The molecule has 3 heterocycles. The maximum atomic E-state index is 14.9. The number of nitrogens with zero attached hydrogens (tertiary/aromatic N) is 2. The van der Waals surface area contributed by atoms with Gasteiger partial charge in [-0.05, 0) is 70.0 Å². The first-order chi connectivity index (χ1) is 25.7. The van der Waals surface area contributed by atoms with Crippen LogP contribution in [-0.4, -0.2) is 61.4 Å². The second-order valence-electron chi connectivity index (χ2n) is 13.7. The number of halogens is 1. The van der Waals surface area contributed by atoms with Gasteiger partial charge < -0.3 is 33.1 Å². The van der Waals surface area contributed by atoms with Crippen molar-refractivity contribution in [3.8, 4) is 28.7 Å². The van der Waals surface area contributed by atoms with Crippen LogP contribution in [0.25, 0.3) is 6.08 Å². The lowest BCUT2D eigenvalue weighted by atomic mass is 9.80. The summed E-state index contributed by atoms with van der Waals surface area (Å²) in [6, 6.07) is 15.0. The van der Waals surface area contributed by atoms with Gasteiger partial charge in [0.15, 0.2) is 28.7 Å². The number of fused-ring (bicyclic) bond motifs is 5. The topological polar surface area (TPSA) is 141 Å². The smallest absolute Gasteiger partial charge is 0.411 e. The molecule has 2 bridgehead atoms. The highest BCUT2D eigenvalue weighted by atomic mass is 79.9. The Morgan fingerprint density at radius 2 is 1.74 bits per heavy atom. The molecule has 4 aromatic rings. The van der Waals surface area contributed by atoms with Gasteiger partial charge in [-0.25, -0.2) is 4.79 Å². The number of hydrogen-bond donors (Lipinski definition) is 1. The van der Waals surface area contributed by atoms with Crippen LogP contribution in [-0.2, 0) is 32.6 Å². The number of phenols is 1. The first kappa shape index (κ1) is 37.1. The van der Waals surface area contributed by atoms with E-state index in [4.69, 9.17) is 23.1 Å². The molecule has 14 heteroatoms. The second kappa shape index (κ2) is 14.2. The molecule has 0 aromatic heterocycles. The Hall–Kier alpha value is -5.21. The summed E-state index contributed by atoms with van der Waals surface area (Å²) in [5.74, 6) is 0.144. The average molecular weight is 820 g/mol. The lowest BCUT2D eigenvalue weighted by molar-refractivity contribution is -0.141. The van der Waals surface area contributed by atoms with Crippen LogP contribution in [0.2, 0.25) is 0 Å². The molecule has 1 N–H and O–H groups in total. The fourth-order valence-corrected chi connectivity index (χ4v) is 8.80. The summed E-state index contributed by atoms with van der Waals surface area (Å²) in [4.78, 5) is 31.9. The molecule has 0 unspecified atom stereocenters. The van der Waals surface area contributed by atoms with Crippen molar-refractivity contribution in [2.75, 3.05) is 13.9 Å². The molecule has 0 spiro atoms. The third kappa shape index (κ3) is 6.40. The molecular weight excluding hydrogens is 780 g/mol. The highest BCUT2D eigenvalue weighted by molar-refractivity contribution is 9.10. The van der Waals surface area contributed by atoms with E-state index in [0.717, 1.165) is 11.1 Å². The van der Waals surface area contributed by atoms with Gasteiger partial charge in [0.25, 0.3) is 0 Å². The SMILES string of the molecule is COc1c(C)c(Br)c2c(c1O)[C@@H]1/C(=C\c3cc4c(c(C)c3OS(=O)(=O)c3ccc(C)cc3)OCO4)N(Cc3ccccc3)C(=O)[C@H](C2)N1C(=O)OC(C)C. The molecular formula is C40H39BrN2O10S. The standard InChI is InChI=1S/C40H39BrN2O10S/c1-21(2)52-40(46)43-30-18-28-32(35(44)38(49-6)23(4)33(28)41)34(43)29(42(39(30)45)19-25-10-8-7-9-11-25)16-26-17-31-37(51-20-50-31)24(5)36(26)53-54(47,48)27-14-12-22(3)13-15-27/h7-17,21,30,34,44H,18-20H2,1-6H3/b29-16+/t30-,34-/m0/s1. The van der Waals surface area contributed by atoms with Crippen molar-refractivity contribution in [1.29, 1.82) is 0 Å². The van der Waals surface area contributed by atoms with E-state index < -0.39 is 40.3 Å². The fourth-order valence-electron chi connectivity index (χ4n) is 7.24. The number of aryl methyl sites for hydroxylation is 1. The number of piperazine rings is 1. The quantitative estimate of drug-likeness (QED) is 0.178. The number of carbonyl (C=O) groups is 2. The molecule has 3 aliphatic heterocycles. The predicted octanol–water partition coefficient (Wildman–Crippen LogP) is 7.48. The van der Waals surface area contributed by atoms with Crippen LogP contribution >= 0.6 is 15.9 Å². The minimum atomic E-state index is -4.39. The van der Waals surface area contributed by atoms with Crippen LogP contribution < -0.4 is 18.4 Å². The molecule has 12 nitrogen and oxygen atoms in total. The van der Waals surface area contributed by atoms with Gasteiger partial charge in [0.2, 0.25) is 12.7 Å². The lowest BCUT2D eigenvalue weighted by Crippen LogP contribution is -2.61. The molecule has 4 aromatic carbocycles. The molecule has 2 atom stereocenters. The van der Waals surface area contributed by atoms with Crippen LogP contribution in [0, 0.1) is 20.8 Å². The van der Waals surface area contributed by atoms with Gasteiger partial charge in [0.1, 0.15) is 17.0 Å². The van der Waals surface area contributed by atoms with Gasteiger partial charge in [-0.15, -0.1) is 0 Å². The molecule has 7 rings (SSSR count). The minimum absolute atomic E-state index is 0.0637. The number of benzene rings is 4. The monoisotopic (exact) mass is 818 g/mol. The van der Waals surface area contributed by atoms with Gasteiger partial charge in [-0.3, -0.25) is 9.69 Å². The Labute approximate surface area is 322 Å². The van der Waals surface area contributed by atoms with E-state index in [9.17, 15) is 23.1 Å². The van der Waals surface area contributed by atoms with Crippen molar-refractivity contribution in [3.63, 3.8) is 0 Å². The molecule has 1 saturated heterocycles. The van der Waals surface area contributed by atoms with E-state index in [1.807, 2.05) is 37.3 Å². The van der Waals surface area contributed by atoms with Crippen molar-refractivity contribution < 1.29 is 46.2 Å². The number of ether oxygens (including phenoxy) is 4. The van der Waals surface area contributed by atoms with Crippen LogP contribution in [0.5, 0.6) is 28.7 Å². The van der Waals surface area contributed by atoms with Gasteiger partial charge in [-0.1, -0.05) is 64.0 Å². The average Bonchev–Trinajstić information content (AvgIpc) is 3.61. The highest BCUT2D eigenvalue weighted by Gasteiger charge is 2.53. The molecule has 54 heavy (non-hydrogen) atoms. The summed E-state index contributed by atoms with van der Waals surface area (Å²) < 4.78 is 57.1. The van der Waals surface area contributed by atoms with Crippen molar-refractivity contribution in [3.05, 3.63) is 110 Å². The number of rotatable bonds is 8. The van der Waals surface area contributed by atoms with Crippen LogP contribution in [0.1, 0.15) is 58.8 Å². The largest absolute Gasteiger partial charge is 0.504 e. The Morgan fingerprint density at radius 1 is 1.04 bits per heavy atom. The number of aromatic hydroxyl groups is 1. The minimum Gasteiger partial charge on any atom is -0.504 e. The molecule has 3 aliphatic rings. The summed E-state index contributed by atoms with van der Waals surface area (Å²) in [5.41, 5.74) is 4.02. The molecule has 0 saturated carbocycles. The maximum absolute atomic E-state index is 14.9. The van der Waals surface area contributed by atoms with Crippen LogP contribution in [0.3, 0.4) is 0 Å². The number of methoxy groups -OCH3 is 1. The van der Waals surface area contributed by atoms with E-state index in [2.05, 4.69) is 15.9 Å². The summed E-state index contributed by atoms with van der Waals surface area (Å²) in [6.45, 7) is 8.68. The van der Waals surface area contributed by atoms with E-state index in [-0.39, 0.29) is 53.2 Å². The molecule has 2 amide bonds. The van der Waals surface area contributed by atoms with E-state index >= 15 is 0 Å². The zero-order valence-electron chi connectivity index (χ0n) is 30.5. The lowest BCUT2D eigenvalue weighted by Gasteiger charge is -2.51.